The lowest BCUT2D eigenvalue weighted by molar-refractivity contribution is 0.450. The highest BCUT2D eigenvalue weighted by Gasteiger charge is 2.09. The summed E-state index contributed by atoms with van der Waals surface area (Å²) in [4.78, 5) is 0. The number of rotatable bonds is 12. The Morgan fingerprint density at radius 2 is 1.85 bits per heavy atom. The van der Waals surface area contributed by atoms with Gasteiger partial charge in [0.2, 0.25) is 0 Å². The molecule has 0 spiro atoms. The van der Waals surface area contributed by atoms with Crippen molar-refractivity contribution in [3.8, 4) is 0 Å². The molecule has 20 heavy (non-hydrogen) atoms. The highest BCUT2D eigenvalue weighted by molar-refractivity contribution is 5.05. The maximum atomic E-state index is 4.27. The number of unbranched alkanes of at least 4 members (excludes halogenated alkanes) is 5. The van der Waals surface area contributed by atoms with Crippen LogP contribution in [0.1, 0.15) is 70.8 Å². The molecule has 0 aliphatic carbocycles. The molecule has 0 aromatic carbocycles. The largest absolute Gasteiger partial charge is 0.314 e. The lowest BCUT2D eigenvalue weighted by Gasteiger charge is -2.17. The van der Waals surface area contributed by atoms with Gasteiger partial charge in [-0.05, 0) is 31.4 Å². The molecule has 3 heteroatoms. The fourth-order valence-corrected chi connectivity index (χ4v) is 2.66. The van der Waals surface area contributed by atoms with Gasteiger partial charge in [0.05, 0.1) is 6.20 Å². The van der Waals surface area contributed by atoms with Gasteiger partial charge in [0.15, 0.2) is 0 Å². The van der Waals surface area contributed by atoms with Gasteiger partial charge in [0.1, 0.15) is 0 Å². The highest BCUT2D eigenvalue weighted by atomic mass is 15.2. The van der Waals surface area contributed by atoms with Crippen LogP contribution in [0.2, 0.25) is 0 Å². The lowest BCUT2D eigenvalue weighted by Crippen LogP contribution is -2.31. The first kappa shape index (κ1) is 17.2. The molecule has 1 aromatic heterocycles. The maximum absolute atomic E-state index is 4.27. The van der Waals surface area contributed by atoms with Crippen molar-refractivity contribution in [2.75, 3.05) is 6.54 Å². The summed E-state index contributed by atoms with van der Waals surface area (Å²) in [5.74, 6) is 0. The molecule has 0 saturated carbocycles. The second-order valence-corrected chi connectivity index (χ2v) is 5.93. The summed E-state index contributed by atoms with van der Waals surface area (Å²) in [5, 5.41) is 7.96. The van der Waals surface area contributed by atoms with E-state index in [4.69, 9.17) is 0 Å². The summed E-state index contributed by atoms with van der Waals surface area (Å²) < 4.78 is 1.90. The van der Waals surface area contributed by atoms with Gasteiger partial charge in [-0.3, -0.25) is 4.68 Å². The van der Waals surface area contributed by atoms with E-state index < -0.39 is 0 Å². The zero-order chi connectivity index (χ0) is 14.6. The summed E-state index contributed by atoms with van der Waals surface area (Å²) in [6.45, 7) is 5.64. The monoisotopic (exact) mass is 279 g/mol. The molecule has 1 unspecified atom stereocenters. The van der Waals surface area contributed by atoms with Crippen molar-refractivity contribution >= 4 is 0 Å². The second-order valence-electron chi connectivity index (χ2n) is 5.93. The van der Waals surface area contributed by atoms with Gasteiger partial charge < -0.3 is 5.32 Å². The van der Waals surface area contributed by atoms with Crippen LogP contribution in [-0.2, 0) is 13.5 Å². The smallest absolute Gasteiger partial charge is 0.0522 e. The summed E-state index contributed by atoms with van der Waals surface area (Å²) >= 11 is 0. The molecule has 1 aromatic rings. The van der Waals surface area contributed by atoms with Gasteiger partial charge >= 0.3 is 0 Å². The van der Waals surface area contributed by atoms with Crippen LogP contribution in [0, 0.1) is 0 Å². The molecule has 0 aliphatic rings. The van der Waals surface area contributed by atoms with E-state index in [1.54, 1.807) is 0 Å². The molecular formula is C17H33N3. The first-order valence-corrected chi connectivity index (χ1v) is 8.47. The first-order chi connectivity index (χ1) is 9.76. The molecule has 0 amide bonds. The number of nitrogens with one attached hydrogen (secondary N) is 1. The number of aryl methyl sites for hydroxylation is 1. The average Bonchev–Trinajstić information content (AvgIpc) is 2.85. The van der Waals surface area contributed by atoms with Crippen molar-refractivity contribution in [1.82, 2.24) is 15.1 Å². The molecule has 1 atom stereocenters. The van der Waals surface area contributed by atoms with Gasteiger partial charge in [-0.2, -0.15) is 5.10 Å². The van der Waals surface area contributed by atoms with E-state index in [1.165, 1.54) is 56.9 Å². The Bertz CT molecular complexity index is 333. The van der Waals surface area contributed by atoms with Crippen LogP contribution in [-0.4, -0.2) is 22.4 Å². The van der Waals surface area contributed by atoms with E-state index in [2.05, 4.69) is 30.5 Å². The molecule has 3 nitrogen and oxygen atoms in total. The van der Waals surface area contributed by atoms with Crippen LogP contribution in [0.4, 0.5) is 0 Å². The van der Waals surface area contributed by atoms with E-state index >= 15 is 0 Å². The van der Waals surface area contributed by atoms with Crippen LogP contribution in [0.25, 0.3) is 0 Å². The molecule has 1 rings (SSSR count). The van der Waals surface area contributed by atoms with Crippen LogP contribution < -0.4 is 5.32 Å². The van der Waals surface area contributed by atoms with Gasteiger partial charge in [-0.1, -0.05) is 52.4 Å². The minimum absolute atomic E-state index is 0.616. The molecule has 1 heterocycles. The van der Waals surface area contributed by atoms with E-state index in [0.717, 1.165) is 13.0 Å². The standard InChI is InChI=1S/C17H33N3/c1-4-6-7-8-9-10-11-17(18-12-5-2)13-16-14-19-20(3)15-16/h14-15,17-18H,4-13H2,1-3H3. The average molecular weight is 279 g/mol. The summed E-state index contributed by atoms with van der Waals surface area (Å²) in [6.07, 6.45) is 16.0. The topological polar surface area (TPSA) is 29.9 Å². The highest BCUT2D eigenvalue weighted by Crippen LogP contribution is 2.12. The number of nitrogens with zero attached hydrogens (tertiary/aromatic N) is 2. The van der Waals surface area contributed by atoms with E-state index in [-0.39, 0.29) is 0 Å². The second kappa shape index (κ2) is 10.9. The van der Waals surface area contributed by atoms with Gasteiger partial charge in [0.25, 0.3) is 0 Å². The third-order valence-electron chi connectivity index (χ3n) is 3.83. The van der Waals surface area contributed by atoms with Gasteiger partial charge in [-0.15, -0.1) is 0 Å². The Balaban J connectivity index is 2.24. The van der Waals surface area contributed by atoms with Crippen LogP contribution in [0.15, 0.2) is 12.4 Å². The molecule has 0 saturated heterocycles. The fraction of sp³-hybridized carbons (Fsp3) is 0.824. The Morgan fingerprint density at radius 3 is 2.50 bits per heavy atom. The van der Waals surface area contributed by atoms with Crippen molar-refractivity contribution in [2.24, 2.45) is 7.05 Å². The summed E-state index contributed by atoms with van der Waals surface area (Å²) in [7, 11) is 1.99. The Hall–Kier alpha value is -0.830. The SMILES string of the molecule is CCCCCCCCC(Cc1cnn(C)c1)NCCC. The Morgan fingerprint density at radius 1 is 1.10 bits per heavy atom. The lowest BCUT2D eigenvalue weighted by atomic mass is 10.0. The van der Waals surface area contributed by atoms with Crippen molar-refractivity contribution in [3.05, 3.63) is 18.0 Å². The zero-order valence-electron chi connectivity index (χ0n) is 13.7. The van der Waals surface area contributed by atoms with Crippen molar-refractivity contribution < 1.29 is 0 Å². The number of aromatic nitrogens is 2. The zero-order valence-corrected chi connectivity index (χ0v) is 13.7. The van der Waals surface area contributed by atoms with Crippen molar-refractivity contribution in [2.45, 2.75) is 77.7 Å². The molecule has 116 valence electrons. The third-order valence-corrected chi connectivity index (χ3v) is 3.83. The molecular weight excluding hydrogens is 246 g/mol. The van der Waals surface area contributed by atoms with E-state index in [0.29, 0.717) is 6.04 Å². The van der Waals surface area contributed by atoms with E-state index in [1.807, 2.05) is 17.9 Å². The minimum atomic E-state index is 0.616. The molecule has 0 aliphatic heterocycles. The quantitative estimate of drug-likeness (QED) is 0.584. The molecule has 0 bridgehead atoms. The first-order valence-electron chi connectivity index (χ1n) is 8.47. The fourth-order valence-electron chi connectivity index (χ4n) is 2.66. The molecule has 0 fully saturated rings. The predicted molar refractivity (Wildman–Crippen MR) is 87.0 cm³/mol. The van der Waals surface area contributed by atoms with Crippen LogP contribution in [0.5, 0.6) is 0 Å². The van der Waals surface area contributed by atoms with Crippen molar-refractivity contribution in [3.63, 3.8) is 0 Å². The Kier molecular flexibility index (Phi) is 9.38. The van der Waals surface area contributed by atoms with Crippen LogP contribution >= 0.6 is 0 Å². The normalized spacial score (nSPS) is 12.8. The van der Waals surface area contributed by atoms with Gasteiger partial charge in [0, 0.05) is 19.3 Å². The molecule has 1 N–H and O–H groups in total. The Labute approximate surface area is 125 Å². The predicted octanol–water partition coefficient (Wildman–Crippen LogP) is 4.08. The third kappa shape index (κ3) is 7.68. The molecule has 0 radical (unpaired) electrons. The number of hydrogen-bond donors (Lipinski definition) is 1. The van der Waals surface area contributed by atoms with E-state index in [9.17, 15) is 0 Å². The van der Waals surface area contributed by atoms with Gasteiger partial charge in [-0.25, -0.2) is 0 Å². The summed E-state index contributed by atoms with van der Waals surface area (Å²) in [6, 6.07) is 0.616. The summed E-state index contributed by atoms with van der Waals surface area (Å²) in [5.41, 5.74) is 1.35. The maximum Gasteiger partial charge on any atom is 0.0522 e. The minimum Gasteiger partial charge on any atom is -0.314 e. The number of hydrogen-bond acceptors (Lipinski definition) is 2. The van der Waals surface area contributed by atoms with Crippen molar-refractivity contribution in [1.29, 1.82) is 0 Å². The van der Waals surface area contributed by atoms with Crippen LogP contribution in [0.3, 0.4) is 0 Å².